The van der Waals surface area contributed by atoms with Crippen LogP contribution in [0.4, 0.5) is 0 Å². The van der Waals surface area contributed by atoms with Crippen molar-refractivity contribution in [1.29, 1.82) is 0 Å². The molecule has 3 N–H and O–H groups in total. The van der Waals surface area contributed by atoms with E-state index >= 15 is 0 Å². The second-order valence-electron chi connectivity index (χ2n) is 2.82. The highest BCUT2D eigenvalue weighted by atomic mass is 15.6. The SMILES string of the molecule is CN1CCC2=C(C1)NNN2. The molecule has 0 aromatic rings. The fraction of sp³-hybridized carbons (Fsp3) is 0.667. The van der Waals surface area contributed by atoms with Crippen molar-refractivity contribution in [2.75, 3.05) is 20.1 Å². The van der Waals surface area contributed by atoms with E-state index in [9.17, 15) is 0 Å². The Morgan fingerprint density at radius 1 is 1.30 bits per heavy atom. The summed E-state index contributed by atoms with van der Waals surface area (Å²) in [5, 5.41) is 0. The first kappa shape index (κ1) is 6.00. The minimum absolute atomic E-state index is 1.02. The molecule has 0 radical (unpaired) electrons. The van der Waals surface area contributed by atoms with Crippen molar-refractivity contribution < 1.29 is 0 Å². The summed E-state index contributed by atoms with van der Waals surface area (Å²) in [7, 11) is 2.13. The average molecular weight is 140 g/mol. The number of hydrogen-bond donors (Lipinski definition) is 3. The Morgan fingerprint density at radius 2 is 2.10 bits per heavy atom. The van der Waals surface area contributed by atoms with Gasteiger partial charge in [-0.2, -0.15) is 5.53 Å². The maximum absolute atomic E-state index is 3.07. The molecule has 2 rings (SSSR count). The maximum Gasteiger partial charge on any atom is 0.0623 e. The monoisotopic (exact) mass is 140 g/mol. The molecule has 56 valence electrons. The Balaban J connectivity index is 2.13. The highest BCUT2D eigenvalue weighted by molar-refractivity contribution is 5.17. The quantitative estimate of drug-likeness (QED) is 0.410. The van der Waals surface area contributed by atoms with E-state index in [-0.39, 0.29) is 0 Å². The molecule has 0 fully saturated rings. The van der Waals surface area contributed by atoms with Crippen molar-refractivity contribution >= 4 is 0 Å². The molecule has 0 unspecified atom stereocenters. The lowest BCUT2D eigenvalue weighted by Gasteiger charge is -2.22. The summed E-state index contributed by atoms with van der Waals surface area (Å²) in [5.41, 5.74) is 11.6. The predicted molar refractivity (Wildman–Crippen MR) is 38.5 cm³/mol. The third kappa shape index (κ3) is 0.853. The number of hydrogen-bond acceptors (Lipinski definition) is 4. The fourth-order valence-corrected chi connectivity index (χ4v) is 1.33. The third-order valence-corrected chi connectivity index (χ3v) is 1.96. The first-order chi connectivity index (χ1) is 4.86. The van der Waals surface area contributed by atoms with Gasteiger partial charge in [-0.3, -0.25) is 0 Å². The van der Waals surface area contributed by atoms with Gasteiger partial charge >= 0.3 is 0 Å². The molecule has 10 heavy (non-hydrogen) atoms. The largest absolute Gasteiger partial charge is 0.306 e. The molecule has 0 aromatic carbocycles. The summed E-state index contributed by atoms with van der Waals surface area (Å²) in [6.45, 7) is 2.17. The molecule has 0 aromatic heterocycles. The standard InChI is InChI=1S/C6H12N4/c1-10-3-2-5-6(4-10)8-9-7-5/h7-9H,2-4H2,1H3. The zero-order valence-corrected chi connectivity index (χ0v) is 6.07. The van der Waals surface area contributed by atoms with Gasteiger partial charge in [0.05, 0.1) is 11.4 Å². The molecular formula is C6H12N4. The zero-order valence-electron chi connectivity index (χ0n) is 6.07. The average Bonchev–Trinajstić information content (AvgIpc) is 2.33. The van der Waals surface area contributed by atoms with E-state index in [1.54, 1.807) is 0 Å². The molecule has 0 spiro atoms. The minimum Gasteiger partial charge on any atom is -0.306 e. The van der Waals surface area contributed by atoms with Crippen LogP contribution in [0.1, 0.15) is 6.42 Å². The van der Waals surface area contributed by atoms with Crippen LogP contribution in [0.5, 0.6) is 0 Å². The van der Waals surface area contributed by atoms with Crippen LogP contribution in [0.2, 0.25) is 0 Å². The van der Waals surface area contributed by atoms with Gasteiger partial charge in [-0.25, -0.2) is 0 Å². The molecular weight excluding hydrogens is 128 g/mol. The number of rotatable bonds is 0. The first-order valence-corrected chi connectivity index (χ1v) is 3.54. The smallest absolute Gasteiger partial charge is 0.0623 e. The predicted octanol–water partition coefficient (Wildman–Crippen LogP) is -0.854. The number of hydrazine groups is 2. The number of likely N-dealkylation sites (N-methyl/N-ethyl adjacent to an activating group) is 1. The van der Waals surface area contributed by atoms with Gasteiger partial charge < -0.3 is 15.8 Å². The molecule has 0 bridgehead atoms. The van der Waals surface area contributed by atoms with Crippen LogP contribution in [0.3, 0.4) is 0 Å². The van der Waals surface area contributed by atoms with Gasteiger partial charge in [0.2, 0.25) is 0 Å². The van der Waals surface area contributed by atoms with Crippen molar-refractivity contribution in [2.45, 2.75) is 6.42 Å². The Bertz CT molecular complexity index is 175. The number of nitrogens with one attached hydrogen (secondary N) is 3. The molecule has 4 nitrogen and oxygen atoms in total. The van der Waals surface area contributed by atoms with E-state index in [0.717, 1.165) is 19.5 Å². The van der Waals surface area contributed by atoms with Crippen molar-refractivity contribution in [3.8, 4) is 0 Å². The summed E-state index contributed by atoms with van der Waals surface area (Å²) in [5.74, 6) is 0. The summed E-state index contributed by atoms with van der Waals surface area (Å²) in [4.78, 5) is 2.29. The van der Waals surface area contributed by atoms with E-state index < -0.39 is 0 Å². The Kier molecular flexibility index (Phi) is 1.28. The zero-order chi connectivity index (χ0) is 6.97. The maximum atomic E-state index is 3.07. The Morgan fingerprint density at radius 3 is 3.00 bits per heavy atom. The van der Waals surface area contributed by atoms with E-state index in [1.165, 1.54) is 11.4 Å². The van der Waals surface area contributed by atoms with Crippen molar-refractivity contribution in [2.24, 2.45) is 0 Å². The molecule has 0 amide bonds. The molecule has 0 saturated carbocycles. The lowest BCUT2D eigenvalue weighted by atomic mass is 10.2. The van der Waals surface area contributed by atoms with Crippen LogP contribution in [-0.4, -0.2) is 25.0 Å². The second kappa shape index (κ2) is 2.14. The van der Waals surface area contributed by atoms with Crippen LogP contribution < -0.4 is 16.4 Å². The van der Waals surface area contributed by atoms with Crippen molar-refractivity contribution in [3.05, 3.63) is 11.4 Å². The lowest BCUT2D eigenvalue weighted by molar-refractivity contribution is 0.343. The summed E-state index contributed by atoms with van der Waals surface area (Å²) >= 11 is 0. The Labute approximate surface area is 60.2 Å². The second-order valence-corrected chi connectivity index (χ2v) is 2.82. The van der Waals surface area contributed by atoms with Gasteiger partial charge in [0, 0.05) is 19.5 Å². The van der Waals surface area contributed by atoms with Crippen LogP contribution in [0.15, 0.2) is 11.4 Å². The minimum atomic E-state index is 1.02. The highest BCUT2D eigenvalue weighted by Crippen LogP contribution is 2.12. The normalized spacial score (nSPS) is 25.7. The van der Waals surface area contributed by atoms with Crippen LogP contribution in [0, 0.1) is 0 Å². The molecule has 4 heteroatoms. The summed E-state index contributed by atoms with van der Waals surface area (Å²) in [6.07, 6.45) is 1.12. The first-order valence-electron chi connectivity index (χ1n) is 3.54. The van der Waals surface area contributed by atoms with E-state index in [4.69, 9.17) is 0 Å². The van der Waals surface area contributed by atoms with Gasteiger partial charge in [-0.1, -0.05) is 0 Å². The van der Waals surface area contributed by atoms with E-state index in [0.29, 0.717) is 0 Å². The van der Waals surface area contributed by atoms with Crippen molar-refractivity contribution in [3.63, 3.8) is 0 Å². The van der Waals surface area contributed by atoms with Gasteiger partial charge in [0.25, 0.3) is 0 Å². The molecule has 2 aliphatic rings. The van der Waals surface area contributed by atoms with E-state index in [1.807, 2.05) is 0 Å². The topological polar surface area (TPSA) is 39.3 Å². The van der Waals surface area contributed by atoms with Crippen LogP contribution in [0.25, 0.3) is 0 Å². The Hall–Kier alpha value is -0.740. The van der Waals surface area contributed by atoms with E-state index in [2.05, 4.69) is 28.3 Å². The van der Waals surface area contributed by atoms with Gasteiger partial charge in [0.1, 0.15) is 0 Å². The lowest BCUT2D eigenvalue weighted by Crippen LogP contribution is -2.33. The fourth-order valence-electron chi connectivity index (χ4n) is 1.33. The molecule has 0 saturated heterocycles. The number of nitrogens with zero attached hydrogens (tertiary/aromatic N) is 1. The molecule has 0 aliphatic carbocycles. The summed E-state index contributed by atoms with van der Waals surface area (Å²) in [6, 6.07) is 0. The van der Waals surface area contributed by atoms with Gasteiger partial charge in [-0.05, 0) is 7.05 Å². The molecule has 0 atom stereocenters. The molecule has 2 heterocycles. The summed E-state index contributed by atoms with van der Waals surface area (Å²) < 4.78 is 0. The molecule has 2 aliphatic heterocycles. The highest BCUT2D eigenvalue weighted by Gasteiger charge is 2.19. The van der Waals surface area contributed by atoms with Crippen LogP contribution in [-0.2, 0) is 0 Å². The van der Waals surface area contributed by atoms with Crippen LogP contribution >= 0.6 is 0 Å². The van der Waals surface area contributed by atoms with Gasteiger partial charge in [-0.15, -0.1) is 0 Å². The van der Waals surface area contributed by atoms with Gasteiger partial charge in [0.15, 0.2) is 0 Å². The van der Waals surface area contributed by atoms with Crippen molar-refractivity contribution in [1.82, 2.24) is 21.3 Å². The third-order valence-electron chi connectivity index (χ3n) is 1.96.